The molecular weight excluding hydrogens is 282 g/mol. The molecule has 2 atom stereocenters. The van der Waals surface area contributed by atoms with Crippen LogP contribution in [0.1, 0.15) is 12.0 Å². The van der Waals surface area contributed by atoms with E-state index in [9.17, 15) is 5.11 Å². The SMILES string of the molecule is OC(Cc1cccc2ccccc12)CN1CCC(CCl)C1. The number of hydrogen-bond donors (Lipinski definition) is 1. The largest absolute Gasteiger partial charge is 0.391 e. The summed E-state index contributed by atoms with van der Waals surface area (Å²) in [7, 11) is 0. The van der Waals surface area contributed by atoms with Crippen LogP contribution in [-0.4, -0.2) is 41.6 Å². The zero-order chi connectivity index (χ0) is 14.7. The van der Waals surface area contributed by atoms with Crippen LogP contribution in [0.4, 0.5) is 0 Å². The van der Waals surface area contributed by atoms with Crippen LogP contribution in [0.2, 0.25) is 0 Å². The molecule has 2 unspecified atom stereocenters. The van der Waals surface area contributed by atoms with E-state index in [0.717, 1.165) is 31.9 Å². The molecule has 2 aromatic rings. The molecule has 0 saturated carbocycles. The van der Waals surface area contributed by atoms with Crippen LogP contribution in [0.25, 0.3) is 10.8 Å². The van der Waals surface area contributed by atoms with E-state index < -0.39 is 0 Å². The van der Waals surface area contributed by atoms with Crippen LogP contribution in [0.3, 0.4) is 0 Å². The van der Waals surface area contributed by atoms with Crippen molar-refractivity contribution in [1.82, 2.24) is 4.90 Å². The Morgan fingerprint density at radius 2 is 2.00 bits per heavy atom. The zero-order valence-corrected chi connectivity index (χ0v) is 13.0. The third kappa shape index (κ3) is 3.57. The molecule has 3 rings (SSSR count). The van der Waals surface area contributed by atoms with Crippen LogP contribution in [0.5, 0.6) is 0 Å². The lowest BCUT2D eigenvalue weighted by Gasteiger charge is -2.20. The summed E-state index contributed by atoms with van der Waals surface area (Å²) in [6.45, 7) is 2.83. The molecule has 1 aliphatic rings. The first kappa shape index (κ1) is 14.8. The highest BCUT2D eigenvalue weighted by Gasteiger charge is 2.23. The number of fused-ring (bicyclic) bond motifs is 1. The van der Waals surface area contributed by atoms with Crippen LogP contribution in [0.15, 0.2) is 42.5 Å². The van der Waals surface area contributed by atoms with E-state index in [4.69, 9.17) is 11.6 Å². The second-order valence-corrected chi connectivity index (χ2v) is 6.37. The molecule has 0 aliphatic carbocycles. The van der Waals surface area contributed by atoms with Crippen molar-refractivity contribution in [2.24, 2.45) is 5.92 Å². The number of alkyl halides is 1. The summed E-state index contributed by atoms with van der Waals surface area (Å²) in [6.07, 6.45) is 1.55. The molecule has 1 saturated heterocycles. The van der Waals surface area contributed by atoms with E-state index in [1.54, 1.807) is 0 Å². The van der Waals surface area contributed by atoms with Gasteiger partial charge in [-0.15, -0.1) is 11.6 Å². The Morgan fingerprint density at radius 3 is 2.81 bits per heavy atom. The average Bonchev–Trinajstić information content (AvgIpc) is 2.95. The standard InChI is InChI=1S/C18H22ClNO/c19-11-14-8-9-20(12-14)13-17(21)10-16-6-3-5-15-4-1-2-7-18(15)16/h1-7,14,17,21H,8-13H2. The lowest BCUT2D eigenvalue weighted by atomic mass is 10.00. The fourth-order valence-electron chi connectivity index (χ4n) is 3.29. The van der Waals surface area contributed by atoms with Crippen molar-refractivity contribution < 1.29 is 5.11 Å². The molecule has 1 fully saturated rings. The monoisotopic (exact) mass is 303 g/mol. The average molecular weight is 304 g/mol. The first-order chi connectivity index (χ1) is 10.3. The van der Waals surface area contributed by atoms with Crippen molar-refractivity contribution in [2.45, 2.75) is 18.9 Å². The molecule has 0 radical (unpaired) electrons. The number of halogens is 1. The molecule has 0 amide bonds. The maximum absolute atomic E-state index is 10.4. The third-order valence-corrected chi connectivity index (χ3v) is 4.83. The summed E-state index contributed by atoms with van der Waals surface area (Å²) in [5.74, 6) is 1.33. The van der Waals surface area contributed by atoms with Crippen molar-refractivity contribution in [2.75, 3.05) is 25.5 Å². The van der Waals surface area contributed by atoms with E-state index in [2.05, 4.69) is 47.4 Å². The van der Waals surface area contributed by atoms with Crippen LogP contribution in [0, 0.1) is 5.92 Å². The first-order valence-electron chi connectivity index (χ1n) is 7.69. The van der Waals surface area contributed by atoms with Crippen LogP contribution in [-0.2, 0) is 6.42 Å². The third-order valence-electron chi connectivity index (χ3n) is 4.39. The highest BCUT2D eigenvalue weighted by atomic mass is 35.5. The summed E-state index contributed by atoms with van der Waals surface area (Å²) in [5, 5.41) is 12.9. The lowest BCUT2D eigenvalue weighted by Crippen LogP contribution is -2.32. The summed E-state index contributed by atoms with van der Waals surface area (Å²) in [4.78, 5) is 2.34. The molecule has 21 heavy (non-hydrogen) atoms. The van der Waals surface area contributed by atoms with Gasteiger partial charge in [0, 0.05) is 25.4 Å². The molecule has 3 heteroatoms. The molecule has 112 valence electrons. The van der Waals surface area contributed by atoms with Crippen molar-refractivity contribution >= 4 is 22.4 Å². The normalized spacial score (nSPS) is 21.0. The second-order valence-electron chi connectivity index (χ2n) is 6.06. The number of nitrogens with zero attached hydrogens (tertiary/aromatic N) is 1. The fourth-order valence-corrected chi connectivity index (χ4v) is 3.54. The Bertz CT molecular complexity index is 595. The minimum absolute atomic E-state index is 0.315. The number of aliphatic hydroxyl groups is 1. The Balaban J connectivity index is 1.65. The number of rotatable bonds is 5. The van der Waals surface area contributed by atoms with E-state index in [1.807, 2.05) is 0 Å². The van der Waals surface area contributed by atoms with Gasteiger partial charge in [0.2, 0.25) is 0 Å². The van der Waals surface area contributed by atoms with Crippen LogP contribution >= 0.6 is 11.6 Å². The maximum atomic E-state index is 10.4. The first-order valence-corrected chi connectivity index (χ1v) is 8.22. The predicted octanol–water partition coefficient (Wildman–Crippen LogP) is 3.30. The van der Waals surface area contributed by atoms with Crippen molar-refractivity contribution in [3.63, 3.8) is 0 Å². The Kier molecular flexibility index (Phi) is 4.79. The molecule has 1 N–H and O–H groups in total. The minimum Gasteiger partial charge on any atom is -0.391 e. The highest BCUT2D eigenvalue weighted by Crippen LogP contribution is 2.21. The van der Waals surface area contributed by atoms with Crippen LogP contribution < -0.4 is 0 Å². The van der Waals surface area contributed by atoms with Gasteiger partial charge in [-0.1, -0.05) is 42.5 Å². The van der Waals surface area contributed by atoms with Gasteiger partial charge in [-0.3, -0.25) is 0 Å². The second kappa shape index (κ2) is 6.78. The summed E-state index contributed by atoms with van der Waals surface area (Å²) in [5.41, 5.74) is 1.23. The molecule has 0 bridgehead atoms. The van der Waals surface area contributed by atoms with Gasteiger partial charge < -0.3 is 10.0 Å². The topological polar surface area (TPSA) is 23.5 Å². The van der Waals surface area contributed by atoms with Gasteiger partial charge in [0.25, 0.3) is 0 Å². The van der Waals surface area contributed by atoms with Gasteiger partial charge in [-0.05, 0) is 35.2 Å². The van der Waals surface area contributed by atoms with Gasteiger partial charge in [0.1, 0.15) is 0 Å². The number of β-amino-alcohol motifs (C(OH)–C–C–N with tert-alkyl or cyclic N) is 1. The number of likely N-dealkylation sites (tertiary alicyclic amines) is 1. The lowest BCUT2D eigenvalue weighted by molar-refractivity contribution is 0.124. The molecule has 2 aromatic carbocycles. The molecule has 0 aromatic heterocycles. The minimum atomic E-state index is -0.315. The number of aliphatic hydroxyl groups excluding tert-OH is 1. The van der Waals surface area contributed by atoms with Gasteiger partial charge >= 0.3 is 0 Å². The summed E-state index contributed by atoms with van der Waals surface area (Å²) < 4.78 is 0. The number of hydrogen-bond acceptors (Lipinski definition) is 2. The van der Waals surface area contributed by atoms with Crippen molar-refractivity contribution in [1.29, 1.82) is 0 Å². The smallest absolute Gasteiger partial charge is 0.0707 e. The summed E-state index contributed by atoms with van der Waals surface area (Å²) >= 11 is 5.92. The van der Waals surface area contributed by atoms with Crippen molar-refractivity contribution in [3.05, 3.63) is 48.0 Å². The van der Waals surface area contributed by atoms with Gasteiger partial charge in [0.05, 0.1) is 6.10 Å². The zero-order valence-electron chi connectivity index (χ0n) is 12.2. The Hall–Kier alpha value is -1.09. The van der Waals surface area contributed by atoms with E-state index in [-0.39, 0.29) is 6.10 Å². The Morgan fingerprint density at radius 1 is 1.19 bits per heavy atom. The van der Waals surface area contributed by atoms with Gasteiger partial charge in [-0.2, -0.15) is 0 Å². The quantitative estimate of drug-likeness (QED) is 0.857. The Labute approximate surface area is 131 Å². The predicted molar refractivity (Wildman–Crippen MR) is 88.9 cm³/mol. The molecule has 1 heterocycles. The van der Waals surface area contributed by atoms with E-state index in [1.165, 1.54) is 16.3 Å². The molecular formula is C18H22ClNO. The van der Waals surface area contributed by atoms with Crippen molar-refractivity contribution in [3.8, 4) is 0 Å². The number of benzene rings is 2. The van der Waals surface area contributed by atoms with Gasteiger partial charge in [-0.25, -0.2) is 0 Å². The molecule has 0 spiro atoms. The summed E-state index contributed by atoms with van der Waals surface area (Å²) in [6, 6.07) is 14.7. The molecule has 2 nitrogen and oxygen atoms in total. The van der Waals surface area contributed by atoms with E-state index in [0.29, 0.717) is 12.3 Å². The molecule has 1 aliphatic heterocycles. The highest BCUT2D eigenvalue weighted by molar-refractivity contribution is 6.18. The van der Waals surface area contributed by atoms with E-state index >= 15 is 0 Å². The maximum Gasteiger partial charge on any atom is 0.0707 e. The van der Waals surface area contributed by atoms with Gasteiger partial charge in [0.15, 0.2) is 0 Å². The fraction of sp³-hybridized carbons (Fsp3) is 0.444.